The van der Waals surface area contributed by atoms with Crippen molar-refractivity contribution in [3.63, 3.8) is 0 Å². The summed E-state index contributed by atoms with van der Waals surface area (Å²) in [5.41, 5.74) is 2.73. The maximum atomic E-state index is 12.0. The lowest BCUT2D eigenvalue weighted by molar-refractivity contribution is 0.0696. The lowest BCUT2D eigenvalue weighted by Crippen LogP contribution is -2.01. The molecular formula is C13H13NO3S2. The van der Waals surface area contributed by atoms with Crippen LogP contribution in [0.1, 0.15) is 26.6 Å². The Labute approximate surface area is 117 Å². The van der Waals surface area contributed by atoms with Crippen LogP contribution in [0.5, 0.6) is 0 Å². The highest BCUT2D eigenvalue weighted by Crippen LogP contribution is 2.14. The third-order valence-corrected chi connectivity index (χ3v) is 4.61. The summed E-state index contributed by atoms with van der Waals surface area (Å²) in [7, 11) is -1.08. The van der Waals surface area contributed by atoms with Crippen LogP contribution < -0.4 is 0 Å². The number of nitrogens with zero attached hydrogens (tertiary/aromatic N) is 1. The molecule has 100 valence electrons. The van der Waals surface area contributed by atoms with Gasteiger partial charge in [-0.05, 0) is 12.5 Å². The Morgan fingerprint density at radius 2 is 2.21 bits per heavy atom. The first-order valence-electron chi connectivity index (χ1n) is 5.63. The Kier molecular flexibility index (Phi) is 4.44. The maximum Gasteiger partial charge on any atom is 0.365 e. The number of hydrogen-bond donors (Lipinski definition) is 1. The molecule has 0 amide bonds. The molecule has 19 heavy (non-hydrogen) atoms. The van der Waals surface area contributed by atoms with Crippen molar-refractivity contribution in [3.8, 4) is 0 Å². The third-order valence-electron chi connectivity index (χ3n) is 2.45. The van der Waals surface area contributed by atoms with Gasteiger partial charge in [0, 0.05) is 21.9 Å². The molecule has 1 aromatic heterocycles. The highest BCUT2D eigenvalue weighted by Gasteiger charge is 2.11. The van der Waals surface area contributed by atoms with Crippen molar-refractivity contribution in [3.05, 3.63) is 51.5 Å². The van der Waals surface area contributed by atoms with E-state index >= 15 is 0 Å². The molecular weight excluding hydrogens is 282 g/mol. The van der Waals surface area contributed by atoms with Crippen molar-refractivity contribution in [1.29, 1.82) is 0 Å². The standard InChI is InChI=1S/C13H13NO3S2/c1-9-3-2-4-10(5-9)7-19(17)8-11-6-18-12(14-11)13(15)16/h2-6H,7-8H2,1H3,(H,15,16). The highest BCUT2D eigenvalue weighted by molar-refractivity contribution is 7.83. The lowest BCUT2D eigenvalue weighted by atomic mass is 10.2. The van der Waals surface area contributed by atoms with Crippen LogP contribution in [0.2, 0.25) is 0 Å². The van der Waals surface area contributed by atoms with Gasteiger partial charge in [-0.3, -0.25) is 4.21 Å². The fourth-order valence-corrected chi connectivity index (χ4v) is 3.57. The van der Waals surface area contributed by atoms with Crippen molar-refractivity contribution in [2.75, 3.05) is 0 Å². The molecule has 0 saturated carbocycles. The molecule has 0 aliphatic carbocycles. The summed E-state index contributed by atoms with van der Waals surface area (Å²) in [5.74, 6) is -0.292. The van der Waals surface area contributed by atoms with E-state index in [1.807, 2.05) is 31.2 Å². The topological polar surface area (TPSA) is 67.3 Å². The van der Waals surface area contributed by atoms with Crippen molar-refractivity contribution >= 4 is 28.1 Å². The average molecular weight is 295 g/mol. The molecule has 1 unspecified atom stereocenters. The minimum atomic E-state index is -1.08. The van der Waals surface area contributed by atoms with Gasteiger partial charge in [-0.25, -0.2) is 9.78 Å². The molecule has 0 bridgehead atoms. The van der Waals surface area contributed by atoms with E-state index in [9.17, 15) is 9.00 Å². The number of rotatable bonds is 5. The number of thiazole rings is 1. The number of benzene rings is 1. The molecule has 1 N–H and O–H groups in total. The fourth-order valence-electron chi connectivity index (χ4n) is 1.68. The van der Waals surface area contributed by atoms with Gasteiger partial charge >= 0.3 is 5.97 Å². The zero-order valence-corrected chi connectivity index (χ0v) is 12.0. The number of aromatic carboxylic acids is 1. The van der Waals surface area contributed by atoms with Gasteiger partial charge in [-0.15, -0.1) is 11.3 Å². The second-order valence-electron chi connectivity index (χ2n) is 4.17. The Morgan fingerprint density at radius 1 is 1.42 bits per heavy atom. The first-order valence-corrected chi connectivity index (χ1v) is 7.99. The Hall–Kier alpha value is -1.53. The molecule has 4 nitrogen and oxygen atoms in total. The summed E-state index contributed by atoms with van der Waals surface area (Å²) in [6.45, 7) is 1.99. The van der Waals surface area contributed by atoms with E-state index < -0.39 is 16.8 Å². The number of carboxylic acids is 1. The molecule has 0 aliphatic rings. The van der Waals surface area contributed by atoms with Gasteiger partial charge in [0.15, 0.2) is 0 Å². The highest BCUT2D eigenvalue weighted by atomic mass is 32.2. The average Bonchev–Trinajstić information content (AvgIpc) is 2.77. The van der Waals surface area contributed by atoms with Gasteiger partial charge in [0.2, 0.25) is 5.01 Å². The number of carbonyl (C=O) groups is 1. The second-order valence-corrected chi connectivity index (χ2v) is 6.48. The SMILES string of the molecule is Cc1cccc(CS(=O)Cc2csc(C(=O)O)n2)c1. The predicted octanol–water partition coefficient (Wildman–Crippen LogP) is 2.60. The second kappa shape index (κ2) is 6.08. The first-order chi connectivity index (χ1) is 9.04. The molecule has 0 aliphatic heterocycles. The van der Waals surface area contributed by atoms with E-state index in [1.165, 1.54) is 0 Å². The van der Waals surface area contributed by atoms with E-state index in [-0.39, 0.29) is 10.8 Å². The minimum Gasteiger partial charge on any atom is -0.476 e. The Bertz CT molecular complexity index is 622. The monoisotopic (exact) mass is 295 g/mol. The summed E-state index contributed by atoms with van der Waals surface area (Å²) >= 11 is 1.06. The van der Waals surface area contributed by atoms with Crippen LogP contribution >= 0.6 is 11.3 Å². The van der Waals surface area contributed by atoms with E-state index in [0.717, 1.165) is 22.5 Å². The summed E-state index contributed by atoms with van der Waals surface area (Å²) in [6.07, 6.45) is 0. The van der Waals surface area contributed by atoms with E-state index in [4.69, 9.17) is 5.11 Å². The number of aromatic nitrogens is 1. The summed E-state index contributed by atoms with van der Waals surface area (Å²) in [6, 6.07) is 7.87. The van der Waals surface area contributed by atoms with Crippen LogP contribution in [0.3, 0.4) is 0 Å². The third kappa shape index (κ3) is 3.97. The van der Waals surface area contributed by atoms with Gasteiger partial charge in [-0.1, -0.05) is 29.8 Å². The quantitative estimate of drug-likeness (QED) is 0.920. The molecule has 0 radical (unpaired) electrons. The molecule has 0 spiro atoms. The smallest absolute Gasteiger partial charge is 0.365 e. The van der Waals surface area contributed by atoms with Gasteiger partial charge < -0.3 is 5.11 Å². The molecule has 1 aromatic carbocycles. The number of hydrogen-bond acceptors (Lipinski definition) is 4. The van der Waals surface area contributed by atoms with E-state index in [1.54, 1.807) is 5.38 Å². The molecule has 6 heteroatoms. The van der Waals surface area contributed by atoms with Crippen LogP contribution in [0, 0.1) is 6.92 Å². The first kappa shape index (κ1) is 13.9. The van der Waals surface area contributed by atoms with Crippen LogP contribution in [-0.2, 0) is 22.3 Å². The Balaban J connectivity index is 1.99. The number of aryl methyl sites for hydroxylation is 1. The van der Waals surface area contributed by atoms with Crippen LogP contribution in [0.4, 0.5) is 0 Å². The van der Waals surface area contributed by atoms with Crippen molar-refractivity contribution in [2.45, 2.75) is 18.4 Å². The molecule has 2 rings (SSSR count). The molecule has 1 atom stereocenters. The fraction of sp³-hybridized carbons (Fsp3) is 0.231. The number of carboxylic acid groups (broad SMARTS) is 1. The van der Waals surface area contributed by atoms with Crippen molar-refractivity contribution in [2.24, 2.45) is 0 Å². The summed E-state index contributed by atoms with van der Waals surface area (Å²) < 4.78 is 12.0. The van der Waals surface area contributed by atoms with Crippen LogP contribution in [-0.4, -0.2) is 20.3 Å². The normalized spacial score (nSPS) is 12.3. The zero-order valence-electron chi connectivity index (χ0n) is 10.3. The van der Waals surface area contributed by atoms with Crippen LogP contribution in [0.15, 0.2) is 29.6 Å². The summed E-state index contributed by atoms with van der Waals surface area (Å²) in [5, 5.41) is 10.5. The largest absolute Gasteiger partial charge is 0.476 e. The molecule has 0 saturated heterocycles. The van der Waals surface area contributed by atoms with E-state index in [0.29, 0.717) is 11.4 Å². The van der Waals surface area contributed by atoms with Crippen molar-refractivity contribution in [1.82, 2.24) is 4.98 Å². The van der Waals surface area contributed by atoms with Gasteiger partial charge in [0.1, 0.15) is 0 Å². The van der Waals surface area contributed by atoms with Gasteiger partial charge in [0.25, 0.3) is 0 Å². The predicted molar refractivity (Wildman–Crippen MR) is 75.8 cm³/mol. The molecule has 0 fully saturated rings. The Morgan fingerprint density at radius 3 is 2.84 bits per heavy atom. The van der Waals surface area contributed by atoms with Crippen LogP contribution in [0.25, 0.3) is 0 Å². The van der Waals surface area contributed by atoms with Gasteiger partial charge in [0.05, 0.1) is 11.4 Å². The van der Waals surface area contributed by atoms with Crippen molar-refractivity contribution < 1.29 is 14.1 Å². The molecule has 2 aromatic rings. The zero-order chi connectivity index (χ0) is 13.8. The molecule has 1 heterocycles. The maximum absolute atomic E-state index is 12.0. The lowest BCUT2D eigenvalue weighted by Gasteiger charge is -2.02. The van der Waals surface area contributed by atoms with E-state index in [2.05, 4.69) is 4.98 Å². The van der Waals surface area contributed by atoms with Gasteiger partial charge in [-0.2, -0.15) is 0 Å². The summed E-state index contributed by atoms with van der Waals surface area (Å²) in [4.78, 5) is 14.6. The minimum absolute atomic E-state index is 0.0440.